The fraction of sp³-hybridized carbons (Fsp3) is 0.357. The molecule has 2 aromatic rings. The minimum atomic E-state index is -0.729. The first kappa shape index (κ1) is 15.5. The zero-order chi connectivity index (χ0) is 15.6. The maximum Gasteiger partial charge on any atom is 0.282 e. The van der Waals surface area contributed by atoms with E-state index in [2.05, 4.69) is 15.5 Å². The second-order valence-corrected chi connectivity index (χ2v) is 6.73. The van der Waals surface area contributed by atoms with E-state index in [4.69, 9.17) is 0 Å². The van der Waals surface area contributed by atoms with Crippen molar-refractivity contribution in [3.63, 3.8) is 0 Å². The first-order valence-corrected chi connectivity index (χ1v) is 7.16. The van der Waals surface area contributed by atoms with Gasteiger partial charge in [-0.2, -0.15) is 0 Å². The lowest BCUT2D eigenvalue weighted by Gasteiger charge is -2.17. The van der Waals surface area contributed by atoms with Crippen molar-refractivity contribution in [1.29, 1.82) is 0 Å². The third-order valence-corrected chi connectivity index (χ3v) is 3.51. The van der Waals surface area contributed by atoms with Crippen LogP contribution in [0.2, 0.25) is 0 Å². The Bertz CT molecular complexity index is 644. The average molecular weight is 311 g/mol. The van der Waals surface area contributed by atoms with Crippen LogP contribution in [0.1, 0.15) is 30.6 Å². The summed E-state index contributed by atoms with van der Waals surface area (Å²) in [5.41, 5.74) is -0.328. The van der Waals surface area contributed by atoms with Crippen molar-refractivity contribution >= 4 is 17.2 Å². The Morgan fingerprint density at radius 3 is 2.43 bits per heavy atom. The summed E-state index contributed by atoms with van der Waals surface area (Å²) in [5.74, 6) is -1.86. The molecule has 0 radical (unpaired) electrons. The van der Waals surface area contributed by atoms with Crippen LogP contribution in [0.25, 0.3) is 10.6 Å². The van der Waals surface area contributed by atoms with E-state index in [1.165, 1.54) is 6.07 Å². The largest absolute Gasteiger partial charge is 0.349 e. The van der Waals surface area contributed by atoms with Crippen LogP contribution in [0.15, 0.2) is 18.2 Å². The van der Waals surface area contributed by atoms with E-state index >= 15 is 0 Å². The van der Waals surface area contributed by atoms with Crippen LogP contribution in [-0.2, 0) is 0 Å². The molecule has 0 saturated carbocycles. The first-order chi connectivity index (χ1) is 9.78. The molecule has 1 aromatic carbocycles. The van der Waals surface area contributed by atoms with Crippen LogP contribution >= 0.6 is 11.3 Å². The van der Waals surface area contributed by atoms with Crippen LogP contribution in [0, 0.1) is 17.0 Å². The van der Waals surface area contributed by atoms with Gasteiger partial charge in [-0.3, -0.25) is 4.79 Å². The summed E-state index contributed by atoms with van der Waals surface area (Å²) in [4.78, 5) is 11.9. The Kier molecular flexibility index (Phi) is 4.32. The zero-order valence-corrected chi connectivity index (χ0v) is 12.7. The molecular weight excluding hydrogens is 296 g/mol. The molecule has 21 heavy (non-hydrogen) atoms. The van der Waals surface area contributed by atoms with E-state index in [9.17, 15) is 13.6 Å². The summed E-state index contributed by atoms with van der Waals surface area (Å²) in [6, 6.07) is 3.55. The van der Waals surface area contributed by atoms with Gasteiger partial charge < -0.3 is 5.32 Å². The van der Waals surface area contributed by atoms with Crippen molar-refractivity contribution in [2.24, 2.45) is 5.41 Å². The number of carbonyl (C=O) groups is 1. The van der Waals surface area contributed by atoms with Crippen molar-refractivity contribution in [1.82, 2.24) is 15.5 Å². The Morgan fingerprint density at radius 1 is 1.24 bits per heavy atom. The van der Waals surface area contributed by atoms with E-state index < -0.39 is 17.5 Å². The van der Waals surface area contributed by atoms with Gasteiger partial charge in [0.15, 0.2) is 5.01 Å². The molecule has 0 spiro atoms. The highest BCUT2D eigenvalue weighted by Crippen LogP contribution is 2.28. The fourth-order valence-electron chi connectivity index (χ4n) is 1.54. The Labute approximate surface area is 125 Å². The van der Waals surface area contributed by atoms with E-state index in [0.29, 0.717) is 6.54 Å². The van der Waals surface area contributed by atoms with E-state index in [-0.39, 0.29) is 21.0 Å². The summed E-state index contributed by atoms with van der Waals surface area (Å²) in [6.45, 7) is 6.41. The summed E-state index contributed by atoms with van der Waals surface area (Å²) in [7, 11) is 0. The van der Waals surface area contributed by atoms with Crippen LogP contribution in [0.5, 0.6) is 0 Å². The number of nitrogens with zero attached hydrogens (tertiary/aromatic N) is 2. The maximum atomic E-state index is 13.6. The molecule has 1 amide bonds. The molecule has 0 bridgehead atoms. The van der Waals surface area contributed by atoms with Gasteiger partial charge in [-0.1, -0.05) is 38.2 Å². The maximum absolute atomic E-state index is 13.6. The molecular formula is C14H15F2N3OS. The number of amides is 1. The zero-order valence-electron chi connectivity index (χ0n) is 11.9. The third kappa shape index (κ3) is 3.81. The average Bonchev–Trinajstić information content (AvgIpc) is 2.84. The molecule has 0 aliphatic heterocycles. The smallest absolute Gasteiger partial charge is 0.282 e. The molecule has 0 unspecified atom stereocenters. The molecule has 0 fully saturated rings. The SMILES string of the molecule is CC(C)(C)CNC(=O)c1nnc(-c2c(F)cccc2F)s1. The number of hydrogen-bond donors (Lipinski definition) is 1. The monoisotopic (exact) mass is 311 g/mol. The normalized spacial score (nSPS) is 11.5. The van der Waals surface area contributed by atoms with E-state index in [1.807, 2.05) is 20.8 Å². The van der Waals surface area contributed by atoms with Gasteiger partial charge in [0.1, 0.15) is 11.6 Å². The van der Waals surface area contributed by atoms with Gasteiger partial charge in [-0.25, -0.2) is 8.78 Å². The van der Waals surface area contributed by atoms with Gasteiger partial charge in [-0.15, -0.1) is 10.2 Å². The van der Waals surface area contributed by atoms with Crippen LogP contribution in [0.4, 0.5) is 8.78 Å². The number of hydrogen-bond acceptors (Lipinski definition) is 4. The van der Waals surface area contributed by atoms with Crippen molar-refractivity contribution < 1.29 is 13.6 Å². The number of benzene rings is 1. The van der Waals surface area contributed by atoms with Gasteiger partial charge in [-0.05, 0) is 17.5 Å². The standard InChI is InChI=1S/C14H15F2N3OS/c1-14(2,3)7-17-11(20)13-19-18-12(21-13)10-8(15)5-4-6-9(10)16/h4-6H,7H2,1-3H3,(H,17,20). The van der Waals surface area contributed by atoms with Gasteiger partial charge in [0.05, 0.1) is 5.56 Å². The Hall–Kier alpha value is -1.89. The van der Waals surface area contributed by atoms with Crippen molar-refractivity contribution in [3.05, 3.63) is 34.8 Å². The van der Waals surface area contributed by atoms with Gasteiger partial charge >= 0.3 is 0 Å². The fourth-order valence-corrected chi connectivity index (χ4v) is 2.35. The minimum Gasteiger partial charge on any atom is -0.349 e. The van der Waals surface area contributed by atoms with Gasteiger partial charge in [0, 0.05) is 6.54 Å². The second kappa shape index (κ2) is 5.85. The predicted molar refractivity (Wildman–Crippen MR) is 77.0 cm³/mol. The van der Waals surface area contributed by atoms with Crippen LogP contribution in [-0.4, -0.2) is 22.6 Å². The molecule has 4 nitrogen and oxygen atoms in total. The molecule has 0 atom stereocenters. The summed E-state index contributed by atoms with van der Waals surface area (Å²) in [6.07, 6.45) is 0. The molecule has 0 aliphatic carbocycles. The van der Waals surface area contributed by atoms with Crippen molar-refractivity contribution in [3.8, 4) is 10.6 Å². The highest BCUT2D eigenvalue weighted by Gasteiger charge is 2.20. The second-order valence-electron chi connectivity index (χ2n) is 5.75. The lowest BCUT2D eigenvalue weighted by Crippen LogP contribution is -2.32. The van der Waals surface area contributed by atoms with Crippen LogP contribution < -0.4 is 5.32 Å². The lowest BCUT2D eigenvalue weighted by atomic mass is 9.97. The van der Waals surface area contributed by atoms with Crippen LogP contribution in [0.3, 0.4) is 0 Å². The molecule has 7 heteroatoms. The quantitative estimate of drug-likeness (QED) is 0.946. The van der Waals surface area contributed by atoms with E-state index in [0.717, 1.165) is 23.5 Å². The summed E-state index contributed by atoms with van der Waals surface area (Å²) < 4.78 is 27.3. The molecule has 1 aromatic heterocycles. The van der Waals surface area contributed by atoms with Gasteiger partial charge in [0.25, 0.3) is 5.91 Å². The molecule has 112 valence electrons. The van der Waals surface area contributed by atoms with Gasteiger partial charge in [0.2, 0.25) is 5.01 Å². The molecule has 2 rings (SSSR count). The lowest BCUT2D eigenvalue weighted by molar-refractivity contribution is 0.0938. The highest BCUT2D eigenvalue weighted by atomic mass is 32.1. The minimum absolute atomic E-state index is 0.0477. The number of rotatable bonds is 3. The molecule has 1 N–H and O–H groups in total. The predicted octanol–water partition coefficient (Wildman–Crippen LogP) is 3.26. The summed E-state index contributed by atoms with van der Waals surface area (Å²) >= 11 is 0.859. The first-order valence-electron chi connectivity index (χ1n) is 6.34. The molecule has 1 heterocycles. The number of aromatic nitrogens is 2. The summed E-state index contributed by atoms with van der Waals surface area (Å²) in [5, 5.41) is 10.2. The molecule has 0 saturated heterocycles. The van der Waals surface area contributed by atoms with Crippen molar-refractivity contribution in [2.75, 3.05) is 6.54 Å². The number of halogens is 2. The van der Waals surface area contributed by atoms with E-state index in [1.54, 1.807) is 0 Å². The van der Waals surface area contributed by atoms with Crippen molar-refractivity contribution in [2.45, 2.75) is 20.8 Å². The Morgan fingerprint density at radius 2 is 1.86 bits per heavy atom. The molecule has 0 aliphatic rings. The highest BCUT2D eigenvalue weighted by molar-refractivity contribution is 7.16. The Balaban J connectivity index is 2.20. The number of nitrogens with one attached hydrogen (secondary N) is 1. The third-order valence-electron chi connectivity index (χ3n) is 2.58. The number of carbonyl (C=O) groups excluding carboxylic acids is 1. The topological polar surface area (TPSA) is 54.9 Å².